The van der Waals surface area contributed by atoms with Crippen molar-refractivity contribution in [2.45, 2.75) is 44.9 Å². The quantitative estimate of drug-likeness (QED) is 0.874. The summed E-state index contributed by atoms with van der Waals surface area (Å²) in [5.41, 5.74) is 0.868. The molecule has 0 spiro atoms. The zero-order valence-electron chi connectivity index (χ0n) is 10.6. The van der Waals surface area contributed by atoms with Crippen molar-refractivity contribution in [3.05, 3.63) is 29.6 Å². The van der Waals surface area contributed by atoms with E-state index >= 15 is 0 Å². The van der Waals surface area contributed by atoms with Gasteiger partial charge >= 0.3 is 0 Å². The summed E-state index contributed by atoms with van der Waals surface area (Å²) in [5, 5.41) is 12.1. The number of nitriles is 1. The average molecular weight is 248 g/mol. The van der Waals surface area contributed by atoms with Gasteiger partial charge in [-0.1, -0.05) is 0 Å². The molecule has 1 saturated heterocycles. The number of anilines is 1. The number of nitrogens with zero attached hydrogens (tertiary/aromatic N) is 1. The maximum atomic E-state index is 13.2. The second-order valence-electron chi connectivity index (χ2n) is 4.88. The fraction of sp³-hybridized carbons (Fsp3) is 0.500. The van der Waals surface area contributed by atoms with Crippen molar-refractivity contribution in [1.82, 2.24) is 0 Å². The van der Waals surface area contributed by atoms with Crippen LogP contribution in [0.3, 0.4) is 0 Å². The van der Waals surface area contributed by atoms with E-state index in [-0.39, 0.29) is 17.8 Å². The number of rotatable bonds is 2. The normalized spacial score (nSPS) is 27.6. The van der Waals surface area contributed by atoms with Crippen LogP contribution < -0.4 is 5.32 Å². The summed E-state index contributed by atoms with van der Waals surface area (Å²) in [6.45, 7) is 4.10. The summed E-state index contributed by atoms with van der Waals surface area (Å²) in [5.74, 6) is -0.475. The lowest BCUT2D eigenvalue weighted by Crippen LogP contribution is -2.36. The minimum absolute atomic E-state index is 0.0770. The Bertz CT molecular complexity index is 459. The van der Waals surface area contributed by atoms with Crippen molar-refractivity contribution in [2.75, 3.05) is 5.32 Å². The molecule has 1 aromatic carbocycles. The zero-order valence-corrected chi connectivity index (χ0v) is 10.6. The molecule has 2 atom stereocenters. The van der Waals surface area contributed by atoms with E-state index < -0.39 is 5.82 Å². The Hall–Kier alpha value is -1.60. The van der Waals surface area contributed by atoms with Crippen LogP contribution in [-0.4, -0.2) is 18.2 Å². The van der Waals surface area contributed by atoms with Gasteiger partial charge in [-0.15, -0.1) is 0 Å². The second kappa shape index (κ2) is 5.36. The van der Waals surface area contributed by atoms with E-state index in [0.717, 1.165) is 18.5 Å². The van der Waals surface area contributed by atoms with Crippen molar-refractivity contribution in [2.24, 2.45) is 0 Å². The van der Waals surface area contributed by atoms with Gasteiger partial charge in [-0.05, 0) is 44.9 Å². The zero-order chi connectivity index (χ0) is 13.1. The monoisotopic (exact) mass is 248 g/mol. The highest BCUT2D eigenvalue weighted by atomic mass is 19.1. The first-order valence-electron chi connectivity index (χ1n) is 6.20. The average Bonchev–Trinajstić information content (AvgIpc) is 2.30. The third-order valence-corrected chi connectivity index (χ3v) is 3.16. The largest absolute Gasteiger partial charge is 0.382 e. The molecule has 0 bridgehead atoms. The van der Waals surface area contributed by atoms with Crippen LogP contribution in [0, 0.1) is 17.1 Å². The van der Waals surface area contributed by atoms with Crippen LogP contribution in [0.5, 0.6) is 0 Å². The van der Waals surface area contributed by atoms with E-state index in [1.807, 2.05) is 6.07 Å². The van der Waals surface area contributed by atoms with E-state index in [9.17, 15) is 4.39 Å². The van der Waals surface area contributed by atoms with Gasteiger partial charge in [-0.25, -0.2) is 4.39 Å². The Morgan fingerprint density at radius 3 is 2.61 bits per heavy atom. The van der Waals surface area contributed by atoms with Gasteiger partial charge in [0.2, 0.25) is 0 Å². The standard InChI is InChI=1S/C14H17FN2O/c1-9-5-13(6-10(2)18-9)17-12-3-4-14(15)11(7-12)8-16/h3-4,7,9-10,13,17H,5-6H2,1-2H3. The molecule has 1 aliphatic heterocycles. The highest BCUT2D eigenvalue weighted by Crippen LogP contribution is 2.23. The lowest BCUT2D eigenvalue weighted by Gasteiger charge is -2.33. The SMILES string of the molecule is CC1CC(Nc2ccc(F)c(C#N)c2)CC(C)O1. The summed E-state index contributed by atoms with van der Waals surface area (Å²) in [6, 6.07) is 6.71. The Morgan fingerprint density at radius 2 is 2.00 bits per heavy atom. The molecule has 1 heterocycles. The Labute approximate surface area is 107 Å². The van der Waals surface area contributed by atoms with Gasteiger partial charge in [0.05, 0.1) is 17.8 Å². The van der Waals surface area contributed by atoms with Crippen LogP contribution in [0.15, 0.2) is 18.2 Å². The number of ether oxygens (including phenoxy) is 1. The molecule has 96 valence electrons. The Kier molecular flexibility index (Phi) is 3.83. The highest BCUT2D eigenvalue weighted by Gasteiger charge is 2.24. The summed E-state index contributed by atoms with van der Waals surface area (Å²) in [4.78, 5) is 0. The van der Waals surface area contributed by atoms with Crippen LogP contribution in [0.25, 0.3) is 0 Å². The molecular formula is C14H17FN2O. The van der Waals surface area contributed by atoms with Crippen molar-refractivity contribution < 1.29 is 9.13 Å². The molecule has 1 aromatic rings. The molecule has 1 fully saturated rings. The number of hydrogen-bond acceptors (Lipinski definition) is 3. The van der Waals surface area contributed by atoms with Gasteiger partial charge in [0.25, 0.3) is 0 Å². The molecule has 2 rings (SSSR count). The summed E-state index contributed by atoms with van der Waals surface area (Å²) >= 11 is 0. The van der Waals surface area contributed by atoms with E-state index in [1.165, 1.54) is 6.07 Å². The molecule has 1 N–H and O–H groups in total. The van der Waals surface area contributed by atoms with Crippen LogP contribution in [0.4, 0.5) is 10.1 Å². The van der Waals surface area contributed by atoms with Gasteiger partial charge in [0.15, 0.2) is 0 Å². The van der Waals surface area contributed by atoms with Crippen molar-refractivity contribution in [3.63, 3.8) is 0 Å². The molecule has 0 aromatic heterocycles. The minimum Gasteiger partial charge on any atom is -0.382 e. The minimum atomic E-state index is -0.475. The molecule has 3 nitrogen and oxygen atoms in total. The lowest BCUT2D eigenvalue weighted by atomic mass is 9.99. The predicted molar refractivity (Wildman–Crippen MR) is 67.8 cm³/mol. The van der Waals surface area contributed by atoms with E-state index in [2.05, 4.69) is 19.2 Å². The van der Waals surface area contributed by atoms with Gasteiger partial charge < -0.3 is 10.1 Å². The number of benzene rings is 1. The number of halogens is 1. The van der Waals surface area contributed by atoms with E-state index in [1.54, 1.807) is 12.1 Å². The molecule has 0 saturated carbocycles. The van der Waals surface area contributed by atoms with Gasteiger partial charge in [-0.2, -0.15) is 5.26 Å². The summed E-state index contributed by atoms with van der Waals surface area (Å²) in [7, 11) is 0. The maximum Gasteiger partial charge on any atom is 0.141 e. The first-order chi connectivity index (χ1) is 8.58. The van der Waals surface area contributed by atoms with Gasteiger partial charge in [-0.3, -0.25) is 0 Å². The molecule has 1 aliphatic rings. The first kappa shape index (κ1) is 12.8. The summed E-state index contributed by atoms with van der Waals surface area (Å²) < 4.78 is 18.9. The third-order valence-electron chi connectivity index (χ3n) is 3.16. The highest BCUT2D eigenvalue weighted by molar-refractivity contribution is 5.50. The maximum absolute atomic E-state index is 13.2. The third kappa shape index (κ3) is 2.99. The summed E-state index contributed by atoms with van der Waals surface area (Å²) in [6.07, 6.45) is 2.29. The van der Waals surface area contributed by atoms with E-state index in [0.29, 0.717) is 6.04 Å². The molecule has 0 amide bonds. The molecule has 4 heteroatoms. The molecular weight excluding hydrogens is 231 g/mol. The topological polar surface area (TPSA) is 45.0 Å². The number of nitrogens with one attached hydrogen (secondary N) is 1. The van der Waals surface area contributed by atoms with Crippen LogP contribution in [0.2, 0.25) is 0 Å². The van der Waals surface area contributed by atoms with Gasteiger partial charge in [0.1, 0.15) is 11.9 Å². The van der Waals surface area contributed by atoms with Crippen LogP contribution in [0.1, 0.15) is 32.3 Å². The predicted octanol–water partition coefficient (Wildman–Crippen LogP) is 3.07. The van der Waals surface area contributed by atoms with Crippen LogP contribution >= 0.6 is 0 Å². The second-order valence-corrected chi connectivity index (χ2v) is 4.88. The molecule has 2 unspecified atom stereocenters. The molecule has 0 radical (unpaired) electrons. The number of hydrogen-bond donors (Lipinski definition) is 1. The Balaban J connectivity index is 2.07. The lowest BCUT2D eigenvalue weighted by molar-refractivity contribution is -0.0337. The van der Waals surface area contributed by atoms with Crippen molar-refractivity contribution in [1.29, 1.82) is 5.26 Å². The fourth-order valence-electron chi connectivity index (χ4n) is 2.46. The van der Waals surface area contributed by atoms with Crippen molar-refractivity contribution in [3.8, 4) is 6.07 Å². The van der Waals surface area contributed by atoms with Crippen LogP contribution in [-0.2, 0) is 4.74 Å². The van der Waals surface area contributed by atoms with E-state index in [4.69, 9.17) is 10.00 Å². The smallest absolute Gasteiger partial charge is 0.141 e. The van der Waals surface area contributed by atoms with Crippen molar-refractivity contribution >= 4 is 5.69 Å². The first-order valence-corrected chi connectivity index (χ1v) is 6.20. The molecule has 0 aliphatic carbocycles. The molecule has 18 heavy (non-hydrogen) atoms. The Morgan fingerprint density at radius 1 is 1.33 bits per heavy atom. The fourth-order valence-corrected chi connectivity index (χ4v) is 2.46. The van der Waals surface area contributed by atoms with Gasteiger partial charge in [0, 0.05) is 11.7 Å².